The van der Waals surface area contributed by atoms with Crippen molar-refractivity contribution in [3.05, 3.63) is 62.9 Å². The second-order valence-corrected chi connectivity index (χ2v) is 4.41. The average Bonchev–Trinajstić information content (AvgIpc) is 2.40. The fourth-order valence-corrected chi connectivity index (χ4v) is 1.81. The summed E-state index contributed by atoms with van der Waals surface area (Å²) in [6.45, 7) is 0.136. The van der Waals surface area contributed by atoms with Crippen molar-refractivity contribution in [2.45, 2.75) is 6.54 Å². The fraction of sp³-hybridized carbons (Fsp3) is 0.0769. The van der Waals surface area contributed by atoms with Crippen LogP contribution >= 0.6 is 11.6 Å². The highest BCUT2D eigenvalue weighted by molar-refractivity contribution is 6.30. The maximum atomic E-state index is 13.4. The molecule has 0 aliphatic heterocycles. The van der Waals surface area contributed by atoms with Gasteiger partial charge in [-0.05, 0) is 29.8 Å². The molecule has 2 N–H and O–H groups in total. The molecule has 2 rings (SSSR count). The van der Waals surface area contributed by atoms with E-state index in [4.69, 9.17) is 22.1 Å². The average molecular weight is 297 g/mol. The first-order chi connectivity index (χ1) is 9.49. The lowest BCUT2D eigenvalue weighted by Gasteiger charge is -2.08. The lowest BCUT2D eigenvalue weighted by molar-refractivity contribution is -0.385. The summed E-state index contributed by atoms with van der Waals surface area (Å²) < 4.78 is 18.7. The largest absolute Gasteiger partial charge is 0.450 e. The highest BCUT2D eigenvalue weighted by Crippen LogP contribution is 2.34. The summed E-state index contributed by atoms with van der Waals surface area (Å²) in [7, 11) is 0. The molecule has 20 heavy (non-hydrogen) atoms. The van der Waals surface area contributed by atoms with Crippen LogP contribution < -0.4 is 10.5 Å². The van der Waals surface area contributed by atoms with Crippen molar-refractivity contribution >= 4 is 17.3 Å². The molecule has 0 heterocycles. The van der Waals surface area contributed by atoms with Crippen LogP contribution in [0.4, 0.5) is 10.1 Å². The van der Waals surface area contributed by atoms with Crippen LogP contribution in [-0.2, 0) is 6.54 Å². The molecule has 0 aliphatic rings. The van der Waals surface area contributed by atoms with Gasteiger partial charge in [0.05, 0.1) is 4.92 Å². The summed E-state index contributed by atoms with van der Waals surface area (Å²) in [5.74, 6) is -0.414. The van der Waals surface area contributed by atoms with E-state index >= 15 is 0 Å². The van der Waals surface area contributed by atoms with Crippen molar-refractivity contribution in [1.29, 1.82) is 0 Å². The number of ether oxygens (including phenoxy) is 1. The van der Waals surface area contributed by atoms with Gasteiger partial charge in [0.25, 0.3) is 0 Å². The topological polar surface area (TPSA) is 78.4 Å². The lowest BCUT2D eigenvalue weighted by atomic mass is 10.2. The van der Waals surface area contributed by atoms with Gasteiger partial charge in [0.1, 0.15) is 11.6 Å². The Balaban J connectivity index is 2.39. The van der Waals surface area contributed by atoms with Gasteiger partial charge in [0.2, 0.25) is 5.75 Å². The molecule has 0 bridgehead atoms. The Labute approximate surface area is 118 Å². The van der Waals surface area contributed by atoms with E-state index < -0.39 is 10.7 Å². The molecule has 0 amide bonds. The van der Waals surface area contributed by atoms with Gasteiger partial charge in [0.15, 0.2) is 0 Å². The molecule has 0 spiro atoms. The van der Waals surface area contributed by atoms with Gasteiger partial charge in [-0.15, -0.1) is 0 Å². The molecule has 5 nitrogen and oxygen atoms in total. The predicted octanol–water partition coefficient (Wildman–Crippen LogP) is 3.64. The van der Waals surface area contributed by atoms with E-state index in [9.17, 15) is 14.5 Å². The van der Waals surface area contributed by atoms with Gasteiger partial charge < -0.3 is 10.5 Å². The van der Waals surface area contributed by atoms with Crippen LogP contribution in [0.15, 0.2) is 36.4 Å². The van der Waals surface area contributed by atoms with E-state index in [1.54, 1.807) is 0 Å². The summed E-state index contributed by atoms with van der Waals surface area (Å²) >= 11 is 5.70. The smallest absolute Gasteiger partial charge is 0.313 e. The molecule has 104 valence electrons. The van der Waals surface area contributed by atoms with Crippen molar-refractivity contribution in [1.82, 2.24) is 0 Å². The van der Waals surface area contributed by atoms with Gasteiger partial charge in [-0.3, -0.25) is 10.1 Å². The van der Waals surface area contributed by atoms with Crippen molar-refractivity contribution in [2.24, 2.45) is 5.73 Å². The zero-order valence-corrected chi connectivity index (χ0v) is 10.9. The molecule has 2 aromatic carbocycles. The minimum absolute atomic E-state index is 0.0204. The Morgan fingerprint density at radius 2 is 2.05 bits per heavy atom. The number of nitrogens with two attached hydrogens (primary N) is 1. The number of rotatable bonds is 4. The van der Waals surface area contributed by atoms with E-state index in [1.165, 1.54) is 30.3 Å². The van der Waals surface area contributed by atoms with E-state index in [-0.39, 0.29) is 28.8 Å². The number of hydrogen-bond acceptors (Lipinski definition) is 4. The third kappa shape index (κ3) is 3.23. The minimum Gasteiger partial charge on any atom is -0.450 e. The predicted molar refractivity (Wildman–Crippen MR) is 72.5 cm³/mol. The molecule has 0 fully saturated rings. The van der Waals surface area contributed by atoms with Gasteiger partial charge in [-0.1, -0.05) is 11.6 Å². The minimum atomic E-state index is -0.621. The molecule has 7 heteroatoms. The Morgan fingerprint density at radius 1 is 1.30 bits per heavy atom. The molecule has 2 aromatic rings. The standard InChI is InChI=1S/C13H10ClFN2O3/c14-9-1-2-13(12(5-9)17(18)19)20-11-4-8(7-16)3-10(15)6-11/h1-6H,7,16H2. The van der Waals surface area contributed by atoms with Gasteiger partial charge in [0, 0.05) is 23.7 Å². The Kier molecular flexibility index (Phi) is 4.16. The van der Waals surface area contributed by atoms with Crippen molar-refractivity contribution in [3.63, 3.8) is 0 Å². The fourth-order valence-electron chi connectivity index (χ4n) is 1.64. The summed E-state index contributed by atoms with van der Waals surface area (Å²) in [5, 5.41) is 11.1. The van der Waals surface area contributed by atoms with E-state index in [1.807, 2.05) is 0 Å². The lowest BCUT2D eigenvalue weighted by Crippen LogP contribution is -1.98. The second kappa shape index (κ2) is 5.85. The van der Waals surface area contributed by atoms with Crippen LogP contribution in [0.5, 0.6) is 11.5 Å². The zero-order chi connectivity index (χ0) is 14.7. The Hall–Kier alpha value is -2.18. The third-order valence-electron chi connectivity index (χ3n) is 2.51. The summed E-state index contributed by atoms with van der Waals surface area (Å²) in [6, 6.07) is 7.88. The van der Waals surface area contributed by atoms with E-state index in [0.29, 0.717) is 5.56 Å². The molecular formula is C13H10ClFN2O3. The highest BCUT2D eigenvalue weighted by Gasteiger charge is 2.16. The van der Waals surface area contributed by atoms with Gasteiger partial charge in [-0.2, -0.15) is 0 Å². The number of nitro benzene ring substituents is 1. The van der Waals surface area contributed by atoms with Crippen LogP contribution in [0.3, 0.4) is 0 Å². The SMILES string of the molecule is NCc1cc(F)cc(Oc2ccc(Cl)cc2[N+](=O)[O-])c1. The maximum Gasteiger partial charge on any atom is 0.313 e. The number of halogens is 2. The monoisotopic (exact) mass is 296 g/mol. The van der Waals surface area contributed by atoms with Crippen LogP contribution in [0, 0.1) is 15.9 Å². The van der Waals surface area contributed by atoms with Crippen LogP contribution in [0.2, 0.25) is 5.02 Å². The second-order valence-electron chi connectivity index (χ2n) is 3.97. The summed E-state index contributed by atoms with van der Waals surface area (Å²) in [4.78, 5) is 10.3. The maximum absolute atomic E-state index is 13.4. The van der Waals surface area contributed by atoms with Crippen molar-refractivity contribution < 1.29 is 14.1 Å². The summed E-state index contributed by atoms with van der Waals surface area (Å²) in [6.07, 6.45) is 0. The first-order valence-corrected chi connectivity index (χ1v) is 5.98. The molecule has 0 atom stereocenters. The molecular weight excluding hydrogens is 287 g/mol. The van der Waals surface area contributed by atoms with Crippen LogP contribution in [0.1, 0.15) is 5.56 Å². The normalized spacial score (nSPS) is 10.3. The van der Waals surface area contributed by atoms with E-state index in [0.717, 1.165) is 6.07 Å². The van der Waals surface area contributed by atoms with Gasteiger partial charge in [-0.25, -0.2) is 4.39 Å². The quantitative estimate of drug-likeness (QED) is 0.690. The molecule has 0 saturated carbocycles. The summed E-state index contributed by atoms with van der Waals surface area (Å²) in [5.41, 5.74) is 5.66. The van der Waals surface area contributed by atoms with Crippen LogP contribution in [0.25, 0.3) is 0 Å². The number of nitrogens with zero attached hydrogens (tertiary/aromatic N) is 1. The number of benzene rings is 2. The molecule has 0 saturated heterocycles. The first-order valence-electron chi connectivity index (χ1n) is 5.61. The van der Waals surface area contributed by atoms with Gasteiger partial charge >= 0.3 is 5.69 Å². The van der Waals surface area contributed by atoms with E-state index in [2.05, 4.69) is 0 Å². The first kappa shape index (κ1) is 14.2. The molecule has 0 aliphatic carbocycles. The van der Waals surface area contributed by atoms with Crippen molar-refractivity contribution in [2.75, 3.05) is 0 Å². The number of hydrogen-bond donors (Lipinski definition) is 1. The van der Waals surface area contributed by atoms with Crippen molar-refractivity contribution in [3.8, 4) is 11.5 Å². The number of nitro groups is 1. The zero-order valence-electron chi connectivity index (χ0n) is 10.2. The Morgan fingerprint density at radius 3 is 2.70 bits per heavy atom. The molecule has 0 unspecified atom stereocenters. The highest BCUT2D eigenvalue weighted by atomic mass is 35.5. The molecule has 0 radical (unpaired) electrons. The Bertz CT molecular complexity index is 664. The third-order valence-corrected chi connectivity index (χ3v) is 2.75. The molecule has 0 aromatic heterocycles. The van der Waals surface area contributed by atoms with Crippen LogP contribution in [-0.4, -0.2) is 4.92 Å².